The lowest BCUT2D eigenvalue weighted by Crippen LogP contribution is -2.13. The molecule has 0 amide bonds. The lowest BCUT2D eigenvalue weighted by molar-refractivity contribution is 0.585. The van der Waals surface area contributed by atoms with E-state index < -0.39 is 0 Å². The Balaban J connectivity index is 1.77. The molecule has 0 saturated heterocycles. The van der Waals surface area contributed by atoms with Gasteiger partial charge in [-0.3, -0.25) is 0 Å². The second kappa shape index (κ2) is 8.53. The molecule has 0 spiro atoms. The summed E-state index contributed by atoms with van der Waals surface area (Å²) in [6.45, 7) is 6.78. The Morgan fingerprint density at radius 1 is 0.962 bits per heavy atom. The van der Waals surface area contributed by atoms with Gasteiger partial charge < -0.3 is 0 Å². The van der Waals surface area contributed by atoms with E-state index >= 15 is 0 Å². The second-order valence-corrected chi connectivity index (χ2v) is 9.41. The molecule has 0 aliphatic rings. The minimum atomic E-state index is 0.141. The first-order valence-corrected chi connectivity index (χ1v) is 10.8. The van der Waals surface area contributed by atoms with Gasteiger partial charge in [0.05, 0.1) is 9.26 Å². The maximum Gasteiger partial charge on any atom is 0.188 e. The van der Waals surface area contributed by atoms with E-state index in [1.165, 1.54) is 16.7 Å². The molecule has 0 fully saturated rings. The van der Waals surface area contributed by atoms with Crippen molar-refractivity contribution in [3.8, 4) is 0 Å². The molecule has 0 radical (unpaired) electrons. The average Bonchev–Trinajstić information content (AvgIpc) is 2.63. The van der Waals surface area contributed by atoms with Crippen LogP contribution in [0, 0.1) is 3.57 Å². The van der Waals surface area contributed by atoms with Gasteiger partial charge in [0, 0.05) is 18.4 Å². The molecule has 1 heterocycles. The summed E-state index contributed by atoms with van der Waals surface area (Å²) in [5.41, 5.74) is 5.26. The van der Waals surface area contributed by atoms with Gasteiger partial charge in [0.15, 0.2) is 5.16 Å². The predicted octanol–water partition coefficient (Wildman–Crippen LogP) is 6.26. The van der Waals surface area contributed by atoms with Gasteiger partial charge in [-0.15, -0.1) is 0 Å². The van der Waals surface area contributed by atoms with E-state index in [4.69, 9.17) is 4.98 Å². The fourth-order valence-corrected chi connectivity index (χ4v) is 4.18. The summed E-state index contributed by atoms with van der Waals surface area (Å²) >= 11 is 4.04. The standard InChI is InChI=1S/C22H23IN2S/c1-22(2,3)18-12-8-7-11-17(18)15-26-21-24-14-19(23)20(25-21)13-16-9-5-4-6-10-16/h4-12,14H,13,15H2,1-3H3. The molecular weight excluding hydrogens is 451 g/mol. The summed E-state index contributed by atoms with van der Waals surface area (Å²) in [7, 11) is 0. The molecule has 0 atom stereocenters. The van der Waals surface area contributed by atoms with Crippen molar-refractivity contribution in [2.45, 2.75) is 43.5 Å². The average molecular weight is 474 g/mol. The van der Waals surface area contributed by atoms with Crippen LogP contribution in [0.1, 0.15) is 43.2 Å². The molecule has 3 rings (SSSR count). The van der Waals surface area contributed by atoms with E-state index in [1.54, 1.807) is 11.8 Å². The van der Waals surface area contributed by atoms with E-state index in [0.717, 1.165) is 26.6 Å². The summed E-state index contributed by atoms with van der Waals surface area (Å²) in [4.78, 5) is 9.35. The molecule has 0 saturated carbocycles. The van der Waals surface area contributed by atoms with E-state index in [-0.39, 0.29) is 5.41 Å². The van der Waals surface area contributed by atoms with Gasteiger partial charge in [0.2, 0.25) is 0 Å². The fourth-order valence-electron chi connectivity index (χ4n) is 2.89. The van der Waals surface area contributed by atoms with Crippen molar-refractivity contribution in [1.29, 1.82) is 0 Å². The van der Waals surface area contributed by atoms with Gasteiger partial charge in [-0.25, -0.2) is 9.97 Å². The second-order valence-electron chi connectivity index (χ2n) is 7.31. The summed E-state index contributed by atoms with van der Waals surface area (Å²) in [5, 5.41) is 0.847. The molecule has 0 unspecified atom stereocenters. The molecule has 2 nitrogen and oxygen atoms in total. The number of benzene rings is 2. The molecule has 0 aliphatic carbocycles. The highest BCUT2D eigenvalue weighted by Crippen LogP contribution is 2.30. The third-order valence-electron chi connectivity index (χ3n) is 4.19. The van der Waals surface area contributed by atoms with Gasteiger partial charge >= 0.3 is 0 Å². The normalized spacial score (nSPS) is 11.5. The zero-order valence-electron chi connectivity index (χ0n) is 15.4. The van der Waals surface area contributed by atoms with Crippen LogP contribution in [-0.2, 0) is 17.6 Å². The third kappa shape index (κ3) is 5.07. The van der Waals surface area contributed by atoms with Crippen LogP contribution in [0.3, 0.4) is 0 Å². The van der Waals surface area contributed by atoms with E-state index in [9.17, 15) is 0 Å². The summed E-state index contributed by atoms with van der Waals surface area (Å²) in [6.07, 6.45) is 2.78. The first-order chi connectivity index (χ1) is 12.4. The van der Waals surface area contributed by atoms with Crippen LogP contribution < -0.4 is 0 Å². The van der Waals surface area contributed by atoms with Gasteiger partial charge in [-0.1, -0.05) is 87.1 Å². The number of halogens is 1. The quantitative estimate of drug-likeness (QED) is 0.248. The molecule has 0 N–H and O–H groups in total. The minimum absolute atomic E-state index is 0.141. The lowest BCUT2D eigenvalue weighted by Gasteiger charge is -2.22. The smallest absolute Gasteiger partial charge is 0.188 e. The van der Waals surface area contributed by atoms with Crippen molar-refractivity contribution in [3.63, 3.8) is 0 Å². The predicted molar refractivity (Wildman–Crippen MR) is 119 cm³/mol. The number of nitrogens with zero attached hydrogens (tertiary/aromatic N) is 2. The van der Waals surface area contributed by atoms with Crippen LogP contribution in [0.15, 0.2) is 66.0 Å². The van der Waals surface area contributed by atoms with Crippen molar-refractivity contribution in [2.24, 2.45) is 0 Å². The van der Waals surface area contributed by atoms with Crippen LogP contribution in [0.4, 0.5) is 0 Å². The molecule has 26 heavy (non-hydrogen) atoms. The molecule has 4 heteroatoms. The maximum atomic E-state index is 4.82. The molecule has 0 bridgehead atoms. The van der Waals surface area contributed by atoms with Gasteiger partial charge in [0.1, 0.15) is 0 Å². The zero-order chi connectivity index (χ0) is 18.6. The molecule has 2 aromatic carbocycles. The Morgan fingerprint density at radius 3 is 2.38 bits per heavy atom. The molecule has 0 aliphatic heterocycles. The van der Waals surface area contributed by atoms with Crippen LogP contribution in [0.5, 0.6) is 0 Å². The van der Waals surface area contributed by atoms with Gasteiger partial charge in [-0.2, -0.15) is 0 Å². The highest BCUT2D eigenvalue weighted by atomic mass is 127. The van der Waals surface area contributed by atoms with Gasteiger partial charge in [0.25, 0.3) is 0 Å². The summed E-state index contributed by atoms with van der Waals surface area (Å²) in [6, 6.07) is 19.1. The molecule has 3 aromatic rings. The Kier molecular flexibility index (Phi) is 6.35. The van der Waals surface area contributed by atoms with Crippen LogP contribution >= 0.6 is 34.4 Å². The van der Waals surface area contributed by atoms with E-state index in [1.807, 2.05) is 12.3 Å². The van der Waals surface area contributed by atoms with Crippen molar-refractivity contribution >= 4 is 34.4 Å². The first kappa shape index (κ1) is 19.4. The lowest BCUT2D eigenvalue weighted by atomic mass is 9.84. The highest BCUT2D eigenvalue weighted by molar-refractivity contribution is 14.1. The largest absolute Gasteiger partial charge is 0.230 e. The third-order valence-corrected chi connectivity index (χ3v) is 6.00. The topological polar surface area (TPSA) is 25.8 Å². The molecule has 134 valence electrons. The number of rotatable bonds is 5. The number of hydrogen-bond donors (Lipinski definition) is 0. The minimum Gasteiger partial charge on any atom is -0.230 e. The summed E-state index contributed by atoms with van der Waals surface area (Å²) in [5.74, 6) is 0.888. The highest BCUT2D eigenvalue weighted by Gasteiger charge is 2.17. The number of hydrogen-bond acceptors (Lipinski definition) is 3. The Hall–Kier alpha value is -1.40. The SMILES string of the molecule is CC(C)(C)c1ccccc1CSc1ncc(I)c(Cc2ccccc2)n1. The number of aromatic nitrogens is 2. The summed E-state index contributed by atoms with van der Waals surface area (Å²) < 4.78 is 1.12. The molecular formula is C22H23IN2S. The molecule has 1 aromatic heterocycles. The maximum absolute atomic E-state index is 4.82. The number of thioether (sulfide) groups is 1. The van der Waals surface area contributed by atoms with Gasteiger partial charge in [-0.05, 0) is 44.7 Å². The van der Waals surface area contributed by atoms with Crippen LogP contribution in [0.25, 0.3) is 0 Å². The fraction of sp³-hybridized carbons (Fsp3) is 0.273. The van der Waals surface area contributed by atoms with Crippen LogP contribution in [-0.4, -0.2) is 9.97 Å². The van der Waals surface area contributed by atoms with Crippen molar-refractivity contribution in [3.05, 3.63) is 86.7 Å². The Morgan fingerprint density at radius 2 is 1.65 bits per heavy atom. The van der Waals surface area contributed by atoms with E-state index in [2.05, 4.69) is 96.9 Å². The first-order valence-electron chi connectivity index (χ1n) is 8.70. The Labute approximate surface area is 174 Å². The van der Waals surface area contributed by atoms with Crippen LogP contribution in [0.2, 0.25) is 0 Å². The van der Waals surface area contributed by atoms with E-state index in [0.29, 0.717) is 0 Å². The Bertz CT molecular complexity index is 873. The monoisotopic (exact) mass is 474 g/mol. The van der Waals surface area contributed by atoms with Crippen molar-refractivity contribution < 1.29 is 0 Å². The van der Waals surface area contributed by atoms with Crippen molar-refractivity contribution in [1.82, 2.24) is 9.97 Å². The van der Waals surface area contributed by atoms with Crippen molar-refractivity contribution in [2.75, 3.05) is 0 Å². The zero-order valence-corrected chi connectivity index (χ0v) is 18.3.